The van der Waals surface area contributed by atoms with Crippen LogP contribution in [0.5, 0.6) is 0 Å². The van der Waals surface area contributed by atoms with Crippen LogP contribution < -0.4 is 10.2 Å². The van der Waals surface area contributed by atoms with E-state index >= 15 is 0 Å². The smallest absolute Gasteiger partial charge is 0.339 e. The van der Waals surface area contributed by atoms with Crippen molar-refractivity contribution in [2.24, 2.45) is 0 Å². The van der Waals surface area contributed by atoms with Gasteiger partial charge in [0.15, 0.2) is 5.79 Å². The molecule has 9 heteroatoms. The molecule has 0 unspecified atom stereocenters. The Morgan fingerprint density at radius 1 is 1.10 bits per heavy atom. The van der Waals surface area contributed by atoms with Crippen LogP contribution in [0.4, 0.5) is 11.6 Å². The summed E-state index contributed by atoms with van der Waals surface area (Å²) >= 11 is 0. The molecule has 2 fully saturated rings. The first-order chi connectivity index (χ1) is 14.1. The average molecular weight is 398 g/mol. The van der Waals surface area contributed by atoms with Gasteiger partial charge in [0.25, 0.3) is 5.91 Å². The van der Waals surface area contributed by atoms with Crippen LogP contribution in [0.25, 0.3) is 0 Å². The number of esters is 1. The van der Waals surface area contributed by atoms with E-state index in [2.05, 4.69) is 15.3 Å². The predicted octanol–water partition coefficient (Wildman–Crippen LogP) is 1.86. The van der Waals surface area contributed by atoms with Crippen molar-refractivity contribution in [1.82, 2.24) is 9.97 Å². The third kappa shape index (κ3) is 4.06. The zero-order valence-electron chi connectivity index (χ0n) is 16.1. The average Bonchev–Trinajstić information content (AvgIpc) is 3.22. The second-order valence-corrected chi connectivity index (χ2v) is 6.86. The lowest BCUT2D eigenvalue weighted by Gasteiger charge is -2.37. The molecular weight excluding hydrogens is 376 g/mol. The van der Waals surface area contributed by atoms with Crippen LogP contribution in [0.15, 0.2) is 36.7 Å². The van der Waals surface area contributed by atoms with Crippen molar-refractivity contribution in [3.8, 4) is 0 Å². The van der Waals surface area contributed by atoms with Crippen LogP contribution in [0.1, 0.15) is 33.6 Å². The third-order valence-corrected chi connectivity index (χ3v) is 5.10. The van der Waals surface area contributed by atoms with E-state index in [1.54, 1.807) is 24.3 Å². The topological polar surface area (TPSA) is 103 Å². The highest BCUT2D eigenvalue weighted by Crippen LogP contribution is 2.32. The van der Waals surface area contributed by atoms with Gasteiger partial charge in [0.05, 0.1) is 37.1 Å². The molecule has 2 saturated heterocycles. The van der Waals surface area contributed by atoms with E-state index in [0.717, 1.165) is 25.9 Å². The Kier molecular flexibility index (Phi) is 5.41. The van der Waals surface area contributed by atoms with Gasteiger partial charge in [0.1, 0.15) is 0 Å². The number of methoxy groups -OCH3 is 1. The van der Waals surface area contributed by atoms with Gasteiger partial charge in [-0.15, -0.1) is 0 Å². The zero-order valence-corrected chi connectivity index (χ0v) is 16.1. The highest BCUT2D eigenvalue weighted by molar-refractivity contribution is 6.07. The number of ether oxygens (including phenoxy) is 3. The Bertz CT molecular complexity index is 886. The molecule has 9 nitrogen and oxygen atoms in total. The van der Waals surface area contributed by atoms with E-state index in [0.29, 0.717) is 30.4 Å². The number of carbonyl (C=O) groups is 2. The van der Waals surface area contributed by atoms with E-state index in [9.17, 15) is 9.59 Å². The summed E-state index contributed by atoms with van der Waals surface area (Å²) in [6.45, 7) is 2.72. The number of hydrogen-bond acceptors (Lipinski definition) is 8. The number of carbonyl (C=O) groups excluding carboxylic acids is 2. The molecule has 0 atom stereocenters. The molecule has 1 amide bonds. The van der Waals surface area contributed by atoms with Crippen molar-refractivity contribution in [1.29, 1.82) is 0 Å². The number of piperidine rings is 1. The molecule has 2 aromatic rings. The van der Waals surface area contributed by atoms with Crippen molar-refractivity contribution in [2.75, 3.05) is 43.6 Å². The van der Waals surface area contributed by atoms with Crippen LogP contribution in [0.2, 0.25) is 0 Å². The summed E-state index contributed by atoms with van der Waals surface area (Å²) < 4.78 is 16.2. The summed E-state index contributed by atoms with van der Waals surface area (Å²) in [5, 5.41) is 2.71. The van der Waals surface area contributed by atoms with Crippen molar-refractivity contribution in [3.63, 3.8) is 0 Å². The summed E-state index contributed by atoms with van der Waals surface area (Å²) in [5.41, 5.74) is 0.940. The molecule has 1 N–H and O–H groups in total. The Balaban J connectivity index is 1.41. The lowest BCUT2D eigenvalue weighted by atomic mass is 10.0. The maximum absolute atomic E-state index is 12.5. The SMILES string of the molecule is COC(=O)c1ccccc1NC(=O)c1cnc(N2CCC3(CC2)OCCO3)nc1. The first-order valence-corrected chi connectivity index (χ1v) is 9.44. The number of rotatable bonds is 4. The van der Waals surface area contributed by atoms with Gasteiger partial charge in [-0.05, 0) is 12.1 Å². The summed E-state index contributed by atoms with van der Waals surface area (Å²) in [7, 11) is 1.29. The summed E-state index contributed by atoms with van der Waals surface area (Å²) in [4.78, 5) is 35.1. The Morgan fingerprint density at radius 3 is 2.41 bits per heavy atom. The molecule has 0 aliphatic carbocycles. The van der Waals surface area contributed by atoms with Crippen molar-refractivity contribution < 1.29 is 23.8 Å². The van der Waals surface area contributed by atoms with Crippen LogP contribution in [0.3, 0.4) is 0 Å². The Labute approximate surface area is 168 Å². The van der Waals surface area contributed by atoms with Crippen LogP contribution >= 0.6 is 0 Å². The van der Waals surface area contributed by atoms with Gasteiger partial charge >= 0.3 is 5.97 Å². The number of amides is 1. The highest BCUT2D eigenvalue weighted by Gasteiger charge is 2.40. The number of para-hydroxylation sites is 1. The highest BCUT2D eigenvalue weighted by atomic mass is 16.7. The second-order valence-electron chi connectivity index (χ2n) is 6.86. The van der Waals surface area contributed by atoms with E-state index < -0.39 is 17.7 Å². The van der Waals surface area contributed by atoms with E-state index in [1.807, 2.05) is 4.90 Å². The third-order valence-electron chi connectivity index (χ3n) is 5.10. The van der Waals surface area contributed by atoms with Crippen LogP contribution in [-0.2, 0) is 14.2 Å². The second kappa shape index (κ2) is 8.14. The molecule has 1 aromatic heterocycles. The molecule has 4 rings (SSSR count). The van der Waals surface area contributed by atoms with Crippen LogP contribution in [-0.4, -0.2) is 61.0 Å². The molecule has 1 spiro atoms. The molecule has 0 saturated carbocycles. The van der Waals surface area contributed by atoms with Gasteiger partial charge in [-0.2, -0.15) is 0 Å². The minimum Gasteiger partial charge on any atom is -0.465 e. The molecule has 0 radical (unpaired) electrons. The summed E-state index contributed by atoms with van der Waals surface area (Å²) in [5.74, 6) is -0.822. The first kappa shape index (κ1) is 19.3. The van der Waals surface area contributed by atoms with E-state index in [1.165, 1.54) is 19.5 Å². The molecular formula is C20H22N4O5. The number of hydrogen-bond donors (Lipinski definition) is 1. The molecule has 152 valence electrons. The van der Waals surface area contributed by atoms with Crippen molar-refractivity contribution >= 4 is 23.5 Å². The molecule has 0 bridgehead atoms. The fourth-order valence-electron chi connectivity index (χ4n) is 3.51. The zero-order chi connectivity index (χ0) is 20.3. The first-order valence-electron chi connectivity index (χ1n) is 9.44. The molecule has 3 heterocycles. The Morgan fingerprint density at radius 2 is 1.76 bits per heavy atom. The number of nitrogens with one attached hydrogen (secondary N) is 1. The maximum atomic E-state index is 12.5. The monoisotopic (exact) mass is 398 g/mol. The maximum Gasteiger partial charge on any atom is 0.339 e. The summed E-state index contributed by atoms with van der Waals surface area (Å²) in [6.07, 6.45) is 4.46. The van der Waals surface area contributed by atoms with E-state index in [4.69, 9.17) is 14.2 Å². The number of benzene rings is 1. The predicted molar refractivity (Wildman–Crippen MR) is 104 cm³/mol. The van der Waals surface area contributed by atoms with E-state index in [-0.39, 0.29) is 5.56 Å². The number of aromatic nitrogens is 2. The lowest BCUT2D eigenvalue weighted by Crippen LogP contribution is -2.45. The minimum absolute atomic E-state index is 0.277. The molecule has 2 aliphatic heterocycles. The van der Waals surface area contributed by atoms with Gasteiger partial charge in [-0.3, -0.25) is 4.79 Å². The van der Waals surface area contributed by atoms with Crippen LogP contribution in [0, 0.1) is 0 Å². The number of anilines is 2. The molecule has 1 aromatic carbocycles. The fourth-order valence-corrected chi connectivity index (χ4v) is 3.51. The normalized spacial score (nSPS) is 17.9. The van der Waals surface area contributed by atoms with Gasteiger partial charge < -0.3 is 24.4 Å². The lowest BCUT2D eigenvalue weighted by molar-refractivity contribution is -0.169. The number of nitrogens with zero attached hydrogens (tertiary/aromatic N) is 3. The largest absolute Gasteiger partial charge is 0.465 e. The van der Waals surface area contributed by atoms with Gasteiger partial charge in [-0.25, -0.2) is 14.8 Å². The molecule has 29 heavy (non-hydrogen) atoms. The fraction of sp³-hybridized carbons (Fsp3) is 0.400. The van der Waals surface area contributed by atoms with Crippen molar-refractivity contribution in [3.05, 3.63) is 47.8 Å². The minimum atomic E-state index is -0.523. The van der Waals surface area contributed by atoms with Gasteiger partial charge in [0.2, 0.25) is 5.95 Å². The van der Waals surface area contributed by atoms with Gasteiger partial charge in [0, 0.05) is 38.3 Å². The molecule has 2 aliphatic rings. The van der Waals surface area contributed by atoms with Gasteiger partial charge in [-0.1, -0.05) is 12.1 Å². The Hall–Kier alpha value is -3.04. The quantitative estimate of drug-likeness (QED) is 0.779. The summed E-state index contributed by atoms with van der Waals surface area (Å²) in [6, 6.07) is 6.64. The standard InChI is InChI=1S/C20H22N4O5/c1-27-18(26)15-4-2-3-5-16(15)23-17(25)14-12-21-19(22-13-14)24-8-6-20(7-9-24)28-10-11-29-20/h2-5,12-13H,6-11H2,1H3,(H,23,25). The van der Waals surface area contributed by atoms with Crippen molar-refractivity contribution in [2.45, 2.75) is 18.6 Å².